The first-order valence-electron chi connectivity index (χ1n) is 21.4. The van der Waals surface area contributed by atoms with Crippen LogP contribution >= 0.6 is 7.82 Å². The molecule has 4 nitrogen and oxygen atoms in total. The second kappa shape index (κ2) is 19.1. The van der Waals surface area contributed by atoms with Crippen LogP contribution in [0.3, 0.4) is 0 Å². The lowest BCUT2D eigenvalue weighted by atomic mass is 9.90. The molecule has 0 radical (unpaired) electrons. The molecule has 0 aromatic heterocycles. The summed E-state index contributed by atoms with van der Waals surface area (Å²) in [6.45, 7) is 12.5. The Hall–Kier alpha value is -8.17. The van der Waals surface area contributed by atoms with Gasteiger partial charge in [-0.3, -0.25) is 0 Å². The molecule has 0 heterocycles. The number of benzene rings is 9. The number of rotatable bonds is 15. The minimum Gasteiger partial charge on any atom is -0.385 e. The second-order valence-corrected chi connectivity index (χ2v) is 16.7. The van der Waals surface area contributed by atoms with E-state index in [1.54, 1.807) is 0 Å². The fraction of sp³-hybridized carbons (Fsp3) is 0. The Morgan fingerprint density at radius 3 is 0.677 bits per heavy atom. The van der Waals surface area contributed by atoms with E-state index in [1.807, 2.05) is 237 Å². The zero-order valence-electron chi connectivity index (χ0n) is 35.7. The van der Waals surface area contributed by atoms with E-state index in [1.165, 1.54) is 0 Å². The monoisotopic (exact) mass is 860 g/mol. The van der Waals surface area contributed by atoms with E-state index >= 15 is 4.57 Å². The molecule has 9 rings (SSSR count). The SMILES string of the molecule is C=Cc1ccc(OP(=O)(Oc2ccc(C=C)c(-c3ccccc3)c2-c2ccccc2)Oc2ccc(C=C)c(-c3ccccc3)c2-c2ccccc2)c(-c2ccccc2)c1-c1ccccc1. The van der Waals surface area contributed by atoms with Crippen molar-refractivity contribution in [2.45, 2.75) is 0 Å². The Bertz CT molecular complexity index is 2830. The van der Waals surface area contributed by atoms with Crippen molar-refractivity contribution in [2.75, 3.05) is 0 Å². The van der Waals surface area contributed by atoms with Gasteiger partial charge >= 0.3 is 7.82 Å². The Labute approximate surface area is 381 Å². The average molecular weight is 861 g/mol. The van der Waals surface area contributed by atoms with Crippen molar-refractivity contribution in [2.24, 2.45) is 0 Å². The Morgan fingerprint density at radius 1 is 0.277 bits per heavy atom. The largest absolute Gasteiger partial charge is 0.647 e. The van der Waals surface area contributed by atoms with Crippen molar-refractivity contribution >= 4 is 26.1 Å². The lowest BCUT2D eigenvalue weighted by molar-refractivity contribution is 0.299. The lowest BCUT2D eigenvalue weighted by Gasteiger charge is -2.26. The molecule has 0 amide bonds. The third-order valence-electron chi connectivity index (χ3n) is 11.3. The van der Waals surface area contributed by atoms with Gasteiger partial charge in [-0.1, -0.05) is 238 Å². The van der Waals surface area contributed by atoms with Crippen LogP contribution in [0.25, 0.3) is 85.0 Å². The van der Waals surface area contributed by atoms with Crippen molar-refractivity contribution in [3.63, 3.8) is 0 Å². The van der Waals surface area contributed by atoms with E-state index in [2.05, 4.69) is 19.7 Å². The molecule has 0 aliphatic carbocycles. The normalized spacial score (nSPS) is 11.0. The van der Waals surface area contributed by atoms with Gasteiger partial charge < -0.3 is 13.6 Å². The summed E-state index contributed by atoms with van der Waals surface area (Å²) in [5, 5.41) is 0. The minimum absolute atomic E-state index is 0.295. The van der Waals surface area contributed by atoms with E-state index in [0.29, 0.717) is 33.9 Å². The first-order chi connectivity index (χ1) is 32.0. The first-order valence-corrected chi connectivity index (χ1v) is 22.8. The van der Waals surface area contributed by atoms with Crippen LogP contribution in [-0.2, 0) is 4.57 Å². The molecule has 0 aliphatic rings. The highest BCUT2D eigenvalue weighted by Crippen LogP contribution is 2.58. The fourth-order valence-electron chi connectivity index (χ4n) is 8.38. The smallest absolute Gasteiger partial charge is 0.385 e. The van der Waals surface area contributed by atoms with Gasteiger partial charge in [0.2, 0.25) is 0 Å². The Morgan fingerprint density at radius 2 is 0.477 bits per heavy atom. The fourth-order valence-corrected chi connectivity index (χ4v) is 9.67. The molecule has 0 bridgehead atoms. The van der Waals surface area contributed by atoms with Crippen LogP contribution in [0.1, 0.15) is 16.7 Å². The van der Waals surface area contributed by atoms with Gasteiger partial charge in [-0.2, -0.15) is 4.57 Å². The summed E-state index contributed by atoms with van der Waals surface area (Å²) in [6, 6.07) is 71.1. The van der Waals surface area contributed by atoms with Crippen LogP contribution in [0, 0.1) is 0 Å². The molecular formula is C60H45O4P. The van der Waals surface area contributed by atoms with Gasteiger partial charge in [0.1, 0.15) is 17.2 Å². The molecule has 0 fully saturated rings. The van der Waals surface area contributed by atoms with Gasteiger partial charge in [0.25, 0.3) is 0 Å². The molecule has 0 atom stereocenters. The van der Waals surface area contributed by atoms with Crippen molar-refractivity contribution in [3.05, 3.63) is 255 Å². The van der Waals surface area contributed by atoms with Crippen LogP contribution in [0.2, 0.25) is 0 Å². The third kappa shape index (κ3) is 8.77. The summed E-state index contributed by atoms with van der Waals surface area (Å²) in [7, 11) is -4.81. The molecule has 0 aliphatic heterocycles. The average Bonchev–Trinajstić information content (AvgIpc) is 3.37. The maximum atomic E-state index is 16.6. The number of hydrogen-bond donors (Lipinski definition) is 0. The topological polar surface area (TPSA) is 44.8 Å². The Balaban J connectivity index is 1.33. The van der Waals surface area contributed by atoms with Crippen LogP contribution in [0.4, 0.5) is 0 Å². The van der Waals surface area contributed by atoms with Gasteiger partial charge in [0.15, 0.2) is 0 Å². The molecule has 65 heavy (non-hydrogen) atoms. The first kappa shape index (κ1) is 42.1. The third-order valence-corrected chi connectivity index (χ3v) is 12.5. The van der Waals surface area contributed by atoms with Crippen molar-refractivity contribution in [1.82, 2.24) is 0 Å². The zero-order chi connectivity index (χ0) is 44.6. The maximum absolute atomic E-state index is 16.6. The summed E-state index contributed by atoms with van der Waals surface area (Å²) in [5.74, 6) is 0.885. The van der Waals surface area contributed by atoms with Crippen LogP contribution in [0.15, 0.2) is 238 Å². The van der Waals surface area contributed by atoms with Gasteiger partial charge in [-0.15, -0.1) is 0 Å². The molecule has 9 aromatic carbocycles. The van der Waals surface area contributed by atoms with Crippen LogP contribution in [0.5, 0.6) is 17.2 Å². The van der Waals surface area contributed by atoms with Crippen molar-refractivity contribution in [1.29, 1.82) is 0 Å². The number of hydrogen-bond acceptors (Lipinski definition) is 4. The van der Waals surface area contributed by atoms with E-state index in [0.717, 1.165) is 66.8 Å². The summed E-state index contributed by atoms with van der Waals surface area (Å²) >= 11 is 0. The quantitative estimate of drug-likeness (QED) is 0.0964. The standard InChI is InChI=1S/C60H45O4P/c1-4-43-37-40-52(58(49-31-19-10-20-32-49)55(43)46-25-13-7-14-26-46)62-65(61,63-53-41-38-44(5-2)56(47-27-15-8-16-28-47)59(53)50-33-21-11-22-34-50)64-54-42-39-45(6-3)57(48-29-17-9-18-30-48)60(54)51-35-23-12-24-36-51/h4-42H,1-3H2. The molecular weight excluding hydrogens is 816 g/mol. The molecule has 0 saturated heterocycles. The lowest BCUT2D eigenvalue weighted by Crippen LogP contribution is -2.10. The van der Waals surface area contributed by atoms with Crippen LogP contribution < -0.4 is 13.6 Å². The van der Waals surface area contributed by atoms with Crippen LogP contribution in [-0.4, -0.2) is 0 Å². The molecule has 9 aromatic rings. The van der Waals surface area contributed by atoms with E-state index in [4.69, 9.17) is 13.6 Å². The van der Waals surface area contributed by atoms with Gasteiger partial charge in [0, 0.05) is 33.4 Å². The van der Waals surface area contributed by atoms with Crippen molar-refractivity contribution in [3.8, 4) is 84.0 Å². The summed E-state index contributed by atoms with van der Waals surface area (Å²) < 4.78 is 37.5. The molecule has 0 N–H and O–H groups in total. The maximum Gasteiger partial charge on any atom is 0.647 e. The summed E-state index contributed by atoms with van der Waals surface area (Å²) in [4.78, 5) is 0. The molecule has 0 spiro atoms. The van der Waals surface area contributed by atoms with E-state index in [9.17, 15) is 0 Å². The second-order valence-electron chi connectivity index (χ2n) is 15.2. The summed E-state index contributed by atoms with van der Waals surface area (Å²) in [5.41, 5.74) is 12.6. The molecule has 0 saturated carbocycles. The predicted molar refractivity (Wildman–Crippen MR) is 272 cm³/mol. The molecule has 314 valence electrons. The van der Waals surface area contributed by atoms with Gasteiger partial charge in [0.05, 0.1) is 0 Å². The van der Waals surface area contributed by atoms with E-state index in [-0.39, 0.29) is 0 Å². The molecule has 0 unspecified atom stereocenters. The minimum atomic E-state index is -4.81. The highest BCUT2D eigenvalue weighted by atomic mass is 31.2. The highest BCUT2D eigenvalue weighted by Gasteiger charge is 2.38. The van der Waals surface area contributed by atoms with Gasteiger partial charge in [-0.05, 0) is 68.3 Å². The number of phosphoric acid groups is 1. The summed E-state index contributed by atoms with van der Waals surface area (Å²) in [6.07, 6.45) is 5.46. The van der Waals surface area contributed by atoms with Gasteiger partial charge in [-0.25, -0.2) is 0 Å². The zero-order valence-corrected chi connectivity index (χ0v) is 36.6. The van der Waals surface area contributed by atoms with Crippen molar-refractivity contribution < 1.29 is 18.1 Å². The molecule has 5 heteroatoms. The van der Waals surface area contributed by atoms with E-state index < -0.39 is 7.82 Å². The number of phosphoric ester groups is 1. The Kier molecular flexibility index (Phi) is 12.4. The predicted octanol–water partition coefficient (Wildman–Crippen LogP) is 17.3. The highest BCUT2D eigenvalue weighted by molar-refractivity contribution is 7.49.